The van der Waals surface area contributed by atoms with Gasteiger partial charge in [-0.3, -0.25) is 0 Å². The molecule has 2 amide bonds. The highest BCUT2D eigenvalue weighted by atomic mass is 35.5. The minimum absolute atomic E-state index is 0.0639. The Bertz CT molecular complexity index is 632. The predicted molar refractivity (Wildman–Crippen MR) is 72.1 cm³/mol. The van der Waals surface area contributed by atoms with E-state index in [0.29, 0.717) is 5.56 Å². The molecule has 2 aliphatic rings. The minimum atomic E-state index is -4.08. The maximum absolute atomic E-state index is 13.3. The summed E-state index contributed by atoms with van der Waals surface area (Å²) in [6, 6.07) is 3.19. The second-order valence-corrected chi connectivity index (χ2v) is 6.18. The van der Waals surface area contributed by atoms with Crippen molar-refractivity contribution in [3.8, 4) is 0 Å². The number of hydrogen-bond acceptors (Lipinski definition) is 1. The Labute approximate surface area is 133 Å². The van der Waals surface area contributed by atoms with Gasteiger partial charge in [-0.25, -0.2) is 9.18 Å². The Morgan fingerprint density at radius 1 is 1.22 bits per heavy atom. The second kappa shape index (κ2) is 5.22. The molecule has 126 valence electrons. The molecule has 9 heteroatoms. The lowest BCUT2D eigenvalue weighted by Crippen LogP contribution is -2.65. The van der Waals surface area contributed by atoms with E-state index in [1.807, 2.05) is 0 Å². The molecule has 2 fully saturated rings. The van der Waals surface area contributed by atoms with Crippen molar-refractivity contribution in [2.45, 2.75) is 18.4 Å². The SMILES string of the molecule is O=C(NCc1ccc(Cl)c(F)c1)N1CC2C(C1)C(F)(F)C2(F)F. The van der Waals surface area contributed by atoms with Gasteiger partial charge in [0.05, 0.1) is 16.9 Å². The monoisotopic (exact) mass is 354 g/mol. The van der Waals surface area contributed by atoms with Gasteiger partial charge in [0.2, 0.25) is 0 Å². The second-order valence-electron chi connectivity index (χ2n) is 5.77. The summed E-state index contributed by atoms with van der Waals surface area (Å²) in [5.74, 6) is -11.8. The molecule has 1 heterocycles. The zero-order valence-electron chi connectivity index (χ0n) is 11.6. The smallest absolute Gasteiger partial charge is 0.317 e. The first-order chi connectivity index (χ1) is 10.6. The lowest BCUT2D eigenvalue weighted by molar-refractivity contribution is -0.339. The molecule has 3 nitrogen and oxygen atoms in total. The van der Waals surface area contributed by atoms with Crippen LogP contribution in [-0.4, -0.2) is 35.9 Å². The van der Waals surface area contributed by atoms with Crippen molar-refractivity contribution in [3.63, 3.8) is 0 Å². The number of urea groups is 1. The predicted octanol–water partition coefficient (Wildman–Crippen LogP) is 3.52. The summed E-state index contributed by atoms with van der Waals surface area (Å²) >= 11 is 5.53. The van der Waals surface area contributed by atoms with Gasteiger partial charge in [0.1, 0.15) is 5.82 Å². The summed E-state index contributed by atoms with van der Waals surface area (Å²) in [5.41, 5.74) is 0.415. The van der Waals surface area contributed by atoms with Gasteiger partial charge in [0.15, 0.2) is 0 Å². The first-order valence-electron chi connectivity index (χ1n) is 6.87. The van der Waals surface area contributed by atoms with E-state index in [1.54, 1.807) is 0 Å². The van der Waals surface area contributed by atoms with Gasteiger partial charge in [-0.1, -0.05) is 17.7 Å². The highest BCUT2D eigenvalue weighted by Gasteiger charge is 2.80. The van der Waals surface area contributed by atoms with Crippen molar-refractivity contribution in [1.29, 1.82) is 0 Å². The maximum Gasteiger partial charge on any atom is 0.317 e. The van der Waals surface area contributed by atoms with E-state index in [0.717, 1.165) is 11.0 Å². The highest BCUT2D eigenvalue weighted by molar-refractivity contribution is 6.30. The molecule has 3 rings (SSSR count). The Morgan fingerprint density at radius 3 is 2.30 bits per heavy atom. The Balaban J connectivity index is 1.59. The first-order valence-corrected chi connectivity index (χ1v) is 7.24. The molecule has 1 aromatic carbocycles. The molecule has 2 unspecified atom stereocenters. The Morgan fingerprint density at radius 2 is 1.78 bits per heavy atom. The van der Waals surface area contributed by atoms with Crippen molar-refractivity contribution >= 4 is 17.6 Å². The van der Waals surface area contributed by atoms with E-state index in [2.05, 4.69) is 5.32 Å². The van der Waals surface area contributed by atoms with Crippen LogP contribution in [0.1, 0.15) is 5.56 Å². The molecule has 0 radical (unpaired) electrons. The van der Waals surface area contributed by atoms with Crippen molar-refractivity contribution in [3.05, 3.63) is 34.6 Å². The number of likely N-dealkylation sites (tertiary alicyclic amines) is 1. The summed E-state index contributed by atoms with van der Waals surface area (Å²) in [5, 5.41) is 2.33. The summed E-state index contributed by atoms with van der Waals surface area (Å²) < 4.78 is 66.4. The van der Waals surface area contributed by atoms with Gasteiger partial charge in [-0.15, -0.1) is 0 Å². The van der Waals surface area contributed by atoms with E-state index in [-0.39, 0.29) is 11.6 Å². The average Bonchev–Trinajstić information content (AvgIpc) is 2.93. The fourth-order valence-corrected chi connectivity index (χ4v) is 3.16. The van der Waals surface area contributed by atoms with E-state index in [1.165, 1.54) is 12.1 Å². The number of nitrogens with zero attached hydrogens (tertiary/aromatic N) is 1. The average molecular weight is 355 g/mol. The molecule has 1 aromatic rings. The summed E-state index contributed by atoms with van der Waals surface area (Å²) in [4.78, 5) is 12.9. The van der Waals surface area contributed by atoms with Crippen LogP contribution in [0.25, 0.3) is 0 Å². The number of rotatable bonds is 2. The Hall–Kier alpha value is -1.57. The normalized spacial score (nSPS) is 27.3. The molecule has 0 bridgehead atoms. The van der Waals surface area contributed by atoms with Crippen LogP contribution in [0.3, 0.4) is 0 Å². The number of halogens is 6. The molecular formula is C14H12ClF5N2O. The molecule has 2 atom stereocenters. The molecule has 0 spiro atoms. The van der Waals surface area contributed by atoms with Gasteiger partial charge >= 0.3 is 17.9 Å². The lowest BCUT2D eigenvalue weighted by Gasteiger charge is -2.46. The summed E-state index contributed by atoms with van der Waals surface area (Å²) in [6.45, 7) is -0.909. The fraction of sp³-hybridized carbons (Fsp3) is 0.500. The molecule has 1 N–H and O–H groups in total. The van der Waals surface area contributed by atoms with Crippen molar-refractivity contribution in [2.75, 3.05) is 13.1 Å². The van der Waals surface area contributed by atoms with Gasteiger partial charge in [0, 0.05) is 19.6 Å². The maximum atomic E-state index is 13.3. The van der Waals surface area contributed by atoms with Crippen LogP contribution in [0.15, 0.2) is 18.2 Å². The molecular weight excluding hydrogens is 343 g/mol. The van der Waals surface area contributed by atoms with Crippen LogP contribution in [0.5, 0.6) is 0 Å². The third-order valence-electron chi connectivity index (χ3n) is 4.41. The van der Waals surface area contributed by atoms with Gasteiger partial charge in [-0.05, 0) is 17.7 Å². The van der Waals surface area contributed by atoms with Crippen LogP contribution in [0.2, 0.25) is 5.02 Å². The summed E-state index contributed by atoms with van der Waals surface area (Å²) in [6.07, 6.45) is 0. The number of alkyl halides is 4. The molecule has 23 heavy (non-hydrogen) atoms. The standard InChI is InChI=1S/C14H12ClF5N2O/c15-10-2-1-7(3-11(10)16)4-21-12(23)22-5-8-9(6-22)14(19,20)13(8,17)18/h1-3,8-9H,4-6H2,(H,21,23). The van der Waals surface area contributed by atoms with Crippen LogP contribution in [0, 0.1) is 17.7 Å². The van der Waals surface area contributed by atoms with Crippen LogP contribution in [0.4, 0.5) is 26.7 Å². The van der Waals surface area contributed by atoms with Gasteiger partial charge in [0.25, 0.3) is 0 Å². The van der Waals surface area contributed by atoms with E-state index >= 15 is 0 Å². The highest BCUT2D eigenvalue weighted by Crippen LogP contribution is 2.62. The zero-order chi connectivity index (χ0) is 17.0. The molecule has 1 aliphatic heterocycles. The van der Waals surface area contributed by atoms with Gasteiger partial charge < -0.3 is 10.2 Å². The summed E-state index contributed by atoms with van der Waals surface area (Å²) in [7, 11) is 0. The van der Waals surface area contributed by atoms with Crippen molar-refractivity contribution in [2.24, 2.45) is 11.8 Å². The fourth-order valence-electron chi connectivity index (χ4n) is 3.04. The van der Waals surface area contributed by atoms with E-state index in [9.17, 15) is 26.7 Å². The third-order valence-corrected chi connectivity index (χ3v) is 4.72. The van der Waals surface area contributed by atoms with Crippen LogP contribution in [-0.2, 0) is 6.54 Å². The minimum Gasteiger partial charge on any atom is -0.334 e. The largest absolute Gasteiger partial charge is 0.334 e. The Kier molecular flexibility index (Phi) is 3.70. The topological polar surface area (TPSA) is 32.3 Å². The number of nitrogens with one attached hydrogen (secondary N) is 1. The van der Waals surface area contributed by atoms with Crippen molar-refractivity contribution < 1.29 is 26.7 Å². The third kappa shape index (κ3) is 2.43. The number of amides is 2. The lowest BCUT2D eigenvalue weighted by atomic mass is 9.68. The number of benzene rings is 1. The molecule has 1 saturated carbocycles. The number of carbonyl (C=O) groups is 1. The number of carbonyl (C=O) groups excluding carboxylic acids is 1. The first kappa shape index (κ1) is 16.3. The number of fused-ring (bicyclic) bond motifs is 1. The molecule has 0 aromatic heterocycles. The van der Waals surface area contributed by atoms with Crippen molar-refractivity contribution in [1.82, 2.24) is 10.2 Å². The van der Waals surface area contributed by atoms with E-state index < -0.39 is 48.6 Å². The quantitative estimate of drug-likeness (QED) is 0.810. The van der Waals surface area contributed by atoms with Crippen LogP contribution < -0.4 is 5.32 Å². The molecule has 1 aliphatic carbocycles. The zero-order valence-corrected chi connectivity index (χ0v) is 12.4. The molecule has 1 saturated heterocycles. The van der Waals surface area contributed by atoms with Gasteiger partial charge in [-0.2, -0.15) is 17.6 Å². The number of hydrogen-bond donors (Lipinski definition) is 1. The van der Waals surface area contributed by atoms with E-state index in [4.69, 9.17) is 11.6 Å². The van der Waals surface area contributed by atoms with Crippen LogP contribution >= 0.6 is 11.6 Å².